The number of allylic oxidation sites excluding steroid dienone is 3. The van der Waals surface area contributed by atoms with Crippen molar-refractivity contribution in [1.82, 2.24) is 35.8 Å². The van der Waals surface area contributed by atoms with Crippen LogP contribution in [-0.2, 0) is 86.1 Å². The lowest BCUT2D eigenvalue weighted by Gasteiger charge is -2.42. The number of anilines is 1. The molecule has 5 N–H and O–H groups in total. The monoisotopic (exact) mass is 1350 g/mol. The van der Waals surface area contributed by atoms with Crippen LogP contribution in [0.5, 0.6) is 0 Å². The molecule has 2 saturated heterocycles. The first-order chi connectivity index (χ1) is 46.1. The molecule has 26 heteroatoms. The number of ether oxygens (including phenoxy) is 8. The van der Waals surface area contributed by atoms with E-state index in [1.54, 1.807) is 45.2 Å². The number of methoxy groups -OCH3 is 1. The Kier molecular flexibility index (Phi) is 28.6. The summed E-state index contributed by atoms with van der Waals surface area (Å²) in [5, 5.41) is 39.3. The van der Waals surface area contributed by atoms with E-state index in [9.17, 15) is 43.8 Å². The summed E-state index contributed by atoms with van der Waals surface area (Å²) in [4.78, 5) is 98.5. The smallest absolute Gasteiger partial charge is 0.409 e. The molecular weight excluding hydrogens is 1260 g/mol. The summed E-state index contributed by atoms with van der Waals surface area (Å²) in [6.45, 7) is 13.2. The number of amides is 5. The number of aromatic amines is 1. The molecule has 4 aliphatic rings. The number of nitrogens with zero attached hydrogens (tertiary/aromatic N) is 5. The number of fused-ring (bicyclic) bond motifs is 10. The Morgan fingerprint density at radius 3 is 2.19 bits per heavy atom. The minimum atomic E-state index is -1.89. The number of hydrogen-bond donors (Lipinski definition) is 5. The second-order valence-corrected chi connectivity index (χ2v) is 24.9. The van der Waals surface area contributed by atoms with E-state index in [1.165, 1.54) is 42.8 Å². The zero-order valence-corrected chi connectivity index (χ0v) is 57.6. The number of benzene rings is 3. The molecule has 4 heterocycles. The number of H-pyrrole nitrogens is 1. The number of alkyl carbamates (subject to hydrolysis) is 1. The molecule has 524 valence electrons. The van der Waals surface area contributed by atoms with Crippen molar-refractivity contribution in [1.29, 1.82) is 0 Å². The van der Waals surface area contributed by atoms with Crippen LogP contribution in [0.4, 0.5) is 10.5 Å². The van der Waals surface area contributed by atoms with Gasteiger partial charge in [0.25, 0.3) is 0 Å². The summed E-state index contributed by atoms with van der Waals surface area (Å²) in [5.41, 5.74) is 4.24. The van der Waals surface area contributed by atoms with Crippen LogP contribution in [0.25, 0.3) is 22.5 Å². The van der Waals surface area contributed by atoms with Crippen LogP contribution < -0.4 is 15.5 Å². The normalized spacial score (nSPS) is 23.4. The van der Waals surface area contributed by atoms with E-state index in [1.807, 2.05) is 75.4 Å². The van der Waals surface area contributed by atoms with Crippen molar-refractivity contribution in [2.45, 2.75) is 154 Å². The Labute approximate surface area is 566 Å². The predicted molar refractivity (Wildman–Crippen MR) is 357 cm³/mol. The molecule has 1 aliphatic carbocycles. The van der Waals surface area contributed by atoms with E-state index < -0.39 is 90.5 Å². The van der Waals surface area contributed by atoms with E-state index in [-0.39, 0.29) is 87.5 Å². The quantitative estimate of drug-likeness (QED) is 0.0218. The third kappa shape index (κ3) is 19.9. The third-order valence-electron chi connectivity index (χ3n) is 17.9. The van der Waals surface area contributed by atoms with E-state index >= 15 is 0 Å². The molecule has 2 fully saturated rings. The molecule has 0 radical (unpaired) electrons. The SMILES string of the molecule is CC.CO[C@@H]1/C=C/C=C(/C)Cc2cc(CO)c(Cl)c(c2)N(C)C(=O)C[C@H](OC(=O)[C@H](C)N(C)C(=O)CCCC(=O)N(C)CCOCCOCCOCCOCCC(=O)NCCC(=O)C2Cc3ccccc3-c3n[nH]nc3-c3ccccc32)[C@]2(C)O[C@H]2[C@H](C)[C@@H]2C[C@@]1(O)NC(=O)O2. The number of aliphatic hydroxyl groups excluding tert-OH is 1. The van der Waals surface area contributed by atoms with Crippen LogP contribution in [0.2, 0.25) is 5.02 Å². The summed E-state index contributed by atoms with van der Waals surface area (Å²) in [6.07, 6.45) is 1.27. The number of aromatic nitrogens is 3. The zero-order chi connectivity index (χ0) is 69.7. The number of aliphatic hydroxyl groups is 2. The van der Waals surface area contributed by atoms with E-state index in [0.717, 1.165) is 39.1 Å². The highest BCUT2D eigenvalue weighted by molar-refractivity contribution is 6.34. The van der Waals surface area contributed by atoms with Gasteiger partial charge in [0.2, 0.25) is 23.6 Å². The second kappa shape index (κ2) is 36.2. The molecule has 4 bridgehead atoms. The average molecular weight is 1360 g/mol. The number of rotatable bonds is 28. The highest BCUT2D eigenvalue weighted by Gasteiger charge is 2.64. The molecule has 5 amide bonds. The number of esters is 1. The van der Waals surface area contributed by atoms with Crippen molar-refractivity contribution >= 4 is 58.8 Å². The number of hydrogen-bond acceptors (Lipinski definition) is 19. The largest absolute Gasteiger partial charge is 0.457 e. The van der Waals surface area contributed by atoms with Gasteiger partial charge in [0, 0.05) is 96.4 Å². The number of ketones is 1. The van der Waals surface area contributed by atoms with E-state index in [2.05, 4.69) is 26.0 Å². The Morgan fingerprint density at radius 2 is 1.50 bits per heavy atom. The molecule has 1 unspecified atom stereocenters. The minimum Gasteiger partial charge on any atom is -0.457 e. The van der Waals surface area contributed by atoms with Gasteiger partial charge in [0.15, 0.2) is 5.72 Å². The first kappa shape index (κ1) is 75.9. The molecule has 1 aromatic heterocycles. The van der Waals surface area contributed by atoms with Gasteiger partial charge in [-0.05, 0) is 68.4 Å². The number of halogens is 1. The number of carbonyl (C=O) groups excluding carboxylic acids is 7. The van der Waals surface area contributed by atoms with Gasteiger partial charge >= 0.3 is 12.1 Å². The van der Waals surface area contributed by atoms with E-state index in [4.69, 9.17) is 49.5 Å². The van der Waals surface area contributed by atoms with Gasteiger partial charge in [-0.3, -0.25) is 29.3 Å². The second-order valence-electron chi connectivity index (χ2n) is 24.5. The van der Waals surface area contributed by atoms with Gasteiger partial charge in [0.05, 0.1) is 82.7 Å². The van der Waals surface area contributed by atoms with Crippen molar-refractivity contribution < 1.29 is 81.7 Å². The molecule has 3 aliphatic heterocycles. The maximum absolute atomic E-state index is 14.4. The summed E-state index contributed by atoms with van der Waals surface area (Å²) >= 11 is 6.80. The molecule has 4 aromatic rings. The van der Waals surface area contributed by atoms with Crippen LogP contribution in [0, 0.1) is 5.92 Å². The van der Waals surface area contributed by atoms with Crippen molar-refractivity contribution in [2.24, 2.45) is 5.92 Å². The maximum Gasteiger partial charge on any atom is 0.409 e. The summed E-state index contributed by atoms with van der Waals surface area (Å²) in [6, 6.07) is 18.0. The van der Waals surface area contributed by atoms with Gasteiger partial charge in [-0.1, -0.05) is 111 Å². The highest BCUT2D eigenvalue weighted by atomic mass is 35.5. The fourth-order valence-electron chi connectivity index (χ4n) is 12.0. The maximum atomic E-state index is 14.4. The number of likely N-dealkylation sites (N-methyl/N-ethyl adjacent to an activating group) is 2. The Morgan fingerprint density at radius 1 is 0.865 bits per heavy atom. The fourth-order valence-corrected chi connectivity index (χ4v) is 12.3. The number of carbonyl (C=O) groups is 7. The molecule has 0 spiro atoms. The first-order valence-corrected chi connectivity index (χ1v) is 33.3. The van der Waals surface area contributed by atoms with Gasteiger partial charge < -0.3 is 68.1 Å². The molecule has 0 saturated carbocycles. The lowest BCUT2D eigenvalue weighted by Crippen LogP contribution is -2.63. The molecule has 3 aromatic carbocycles. The molecule has 8 rings (SSSR count). The highest BCUT2D eigenvalue weighted by Crippen LogP contribution is 2.49. The summed E-state index contributed by atoms with van der Waals surface area (Å²) in [5.74, 6) is -3.17. The topological polar surface area (TPSA) is 312 Å². The molecular formula is C70H95ClN8O17. The molecule has 9 atom stereocenters. The van der Waals surface area contributed by atoms with Crippen LogP contribution in [0.3, 0.4) is 0 Å². The average Bonchev–Trinajstić information content (AvgIpc) is 1.56. The van der Waals surface area contributed by atoms with Crippen molar-refractivity contribution in [3.8, 4) is 22.5 Å². The minimum absolute atomic E-state index is 0.0243. The molecule has 96 heavy (non-hydrogen) atoms. The summed E-state index contributed by atoms with van der Waals surface area (Å²) in [7, 11) is 6.02. The van der Waals surface area contributed by atoms with Gasteiger partial charge in [0.1, 0.15) is 47.1 Å². The third-order valence-corrected chi connectivity index (χ3v) is 18.3. The fraction of sp³-hybridized carbons (Fsp3) is 0.557. The van der Waals surface area contributed by atoms with Crippen LogP contribution in [-0.4, -0.2) is 213 Å². The lowest BCUT2D eigenvalue weighted by molar-refractivity contribution is -0.162. The predicted octanol–water partition coefficient (Wildman–Crippen LogP) is 6.98. The van der Waals surface area contributed by atoms with Gasteiger partial charge in [-0.15, -0.1) is 0 Å². The van der Waals surface area contributed by atoms with Crippen LogP contribution in [0.15, 0.2) is 84.5 Å². The van der Waals surface area contributed by atoms with Gasteiger partial charge in [-0.25, -0.2) is 9.59 Å². The number of epoxide rings is 1. The number of nitrogens with one attached hydrogen (secondary N) is 3. The Bertz CT molecular complexity index is 3380. The Balaban J connectivity index is 0.00000644. The number of Topliss-reactive ketones (excluding diaryl/α,β-unsaturated/α-hetero) is 1. The van der Waals surface area contributed by atoms with E-state index in [0.29, 0.717) is 69.4 Å². The summed E-state index contributed by atoms with van der Waals surface area (Å²) < 4.78 is 46.3. The standard InChI is InChI=1S/C68H89ClN8O17.C2H6/c1-42-15-13-20-55(87-8)68(86)40-54(92-66(85)71-68)43(2)64-67(4,94-64)56(39-60(83)77(7)52-37-45(35-42)36-47(41-78)61(52)69)93-65(84)44(3)76(6)59(82)22-14-21-58(81)75(5)26-28-89-30-32-91-34-33-90-31-29-88-27-24-57(80)70-25-23-53(79)51-38-46-16-9-10-17-48(46)62-63(73-74-72-62)50-19-12-11-18-49(50)51;1-2/h9-13,15-20,36-37,43-44,51,54-56,64,78,86H,14,21-35,38-41H2,1-8H3,(H,70,80)(H,71,85)(H,72,73,74);1-2H3/b20-13+,42-15-;/t43-,44+,51?,54+,55-,56+,64+,67+,68+;/m1./s1. The van der Waals surface area contributed by atoms with Crippen LogP contribution >= 0.6 is 11.6 Å². The van der Waals surface area contributed by atoms with Crippen molar-refractivity contribution in [3.63, 3.8) is 0 Å². The van der Waals surface area contributed by atoms with Gasteiger partial charge in [-0.2, -0.15) is 15.4 Å². The van der Waals surface area contributed by atoms with Crippen molar-refractivity contribution in [3.05, 3.63) is 112 Å². The molecule has 25 nitrogen and oxygen atoms in total. The van der Waals surface area contributed by atoms with Crippen molar-refractivity contribution in [2.75, 3.05) is 99.1 Å². The Hall–Kier alpha value is -7.46. The lowest BCUT2D eigenvalue weighted by atomic mass is 9.80. The zero-order valence-electron chi connectivity index (χ0n) is 56.8. The first-order valence-electron chi connectivity index (χ1n) is 32.9. The van der Waals surface area contributed by atoms with Crippen LogP contribution in [0.1, 0.15) is 115 Å².